The van der Waals surface area contributed by atoms with Crippen LogP contribution in [-0.2, 0) is 32.2 Å². The zero-order chi connectivity index (χ0) is 22.4. The molecule has 0 heterocycles. The number of carbonyl (C=O) groups is 2. The van der Waals surface area contributed by atoms with Crippen LogP contribution in [0.4, 0.5) is 0 Å². The van der Waals surface area contributed by atoms with Crippen molar-refractivity contribution in [2.45, 2.75) is 13.2 Å². The zero-order valence-corrected chi connectivity index (χ0v) is 17.8. The number of benzene rings is 3. The summed E-state index contributed by atoms with van der Waals surface area (Å²) in [5, 5.41) is 0. The van der Waals surface area contributed by atoms with Crippen molar-refractivity contribution in [3.8, 4) is 0 Å². The van der Waals surface area contributed by atoms with Gasteiger partial charge >= 0.3 is 11.9 Å². The molecule has 0 unspecified atom stereocenters. The molecule has 3 rings (SSSR count). The summed E-state index contributed by atoms with van der Waals surface area (Å²) in [7, 11) is 0. The van der Waals surface area contributed by atoms with Gasteiger partial charge in [0.1, 0.15) is 13.2 Å². The van der Waals surface area contributed by atoms with Gasteiger partial charge in [0.05, 0.1) is 37.6 Å². The van der Waals surface area contributed by atoms with Gasteiger partial charge in [0, 0.05) is 0 Å². The summed E-state index contributed by atoms with van der Waals surface area (Å²) in [4.78, 5) is 24.9. The molecule has 0 amide bonds. The molecule has 0 N–H and O–H groups in total. The summed E-state index contributed by atoms with van der Waals surface area (Å²) < 4.78 is 21.5. The van der Waals surface area contributed by atoms with Crippen LogP contribution in [0.3, 0.4) is 0 Å². The summed E-state index contributed by atoms with van der Waals surface area (Å²) >= 11 is 0. The van der Waals surface area contributed by atoms with Gasteiger partial charge in [-0.05, 0) is 23.3 Å². The monoisotopic (exact) mass is 434 g/mol. The summed E-state index contributed by atoms with van der Waals surface area (Å²) in [5.41, 5.74) is 2.30. The highest BCUT2D eigenvalue weighted by atomic mass is 16.6. The van der Waals surface area contributed by atoms with Gasteiger partial charge in [0.2, 0.25) is 0 Å². The van der Waals surface area contributed by atoms with Crippen molar-refractivity contribution in [1.82, 2.24) is 0 Å². The van der Waals surface area contributed by atoms with E-state index >= 15 is 0 Å². The minimum atomic E-state index is -0.596. The summed E-state index contributed by atoms with van der Waals surface area (Å²) in [6.07, 6.45) is 0. The Hall–Kier alpha value is -3.48. The van der Waals surface area contributed by atoms with Crippen molar-refractivity contribution in [2.75, 3.05) is 26.4 Å². The molecule has 3 aromatic rings. The molecule has 0 radical (unpaired) electrons. The van der Waals surface area contributed by atoms with Crippen LogP contribution in [0.15, 0.2) is 84.9 Å². The topological polar surface area (TPSA) is 71.1 Å². The van der Waals surface area contributed by atoms with Gasteiger partial charge < -0.3 is 18.9 Å². The van der Waals surface area contributed by atoms with E-state index in [2.05, 4.69) is 0 Å². The van der Waals surface area contributed by atoms with E-state index in [1.54, 1.807) is 24.3 Å². The van der Waals surface area contributed by atoms with Crippen LogP contribution in [0.25, 0.3) is 0 Å². The Morgan fingerprint density at radius 3 is 1.59 bits per heavy atom. The molecule has 166 valence electrons. The molecule has 0 saturated heterocycles. The predicted molar refractivity (Wildman–Crippen MR) is 119 cm³/mol. The van der Waals surface area contributed by atoms with Gasteiger partial charge in [0.15, 0.2) is 0 Å². The van der Waals surface area contributed by atoms with Gasteiger partial charge in [-0.1, -0.05) is 72.8 Å². The lowest BCUT2D eigenvalue weighted by Gasteiger charge is -2.10. The molecule has 0 aliphatic carbocycles. The van der Waals surface area contributed by atoms with Gasteiger partial charge in [0.25, 0.3) is 0 Å². The standard InChI is InChI=1S/C26H26O6/c27-25(31-18-17-29-15-16-30-19-21-9-3-1-4-10-21)23-13-7-8-14-24(23)26(28)32-20-22-11-5-2-6-12-22/h1-14H,15-20H2. The van der Waals surface area contributed by atoms with Crippen LogP contribution >= 0.6 is 0 Å². The first-order chi connectivity index (χ1) is 15.7. The van der Waals surface area contributed by atoms with Gasteiger partial charge in [-0.3, -0.25) is 0 Å². The highest BCUT2D eigenvalue weighted by Crippen LogP contribution is 2.13. The van der Waals surface area contributed by atoms with E-state index in [4.69, 9.17) is 18.9 Å². The van der Waals surface area contributed by atoms with Gasteiger partial charge in [-0.15, -0.1) is 0 Å². The normalized spacial score (nSPS) is 10.5. The number of ether oxygens (including phenoxy) is 4. The number of rotatable bonds is 12. The summed E-state index contributed by atoms with van der Waals surface area (Å²) in [6, 6.07) is 25.7. The van der Waals surface area contributed by atoms with E-state index in [0.29, 0.717) is 19.8 Å². The largest absolute Gasteiger partial charge is 0.460 e. The Kier molecular flexibility index (Phi) is 9.45. The molecule has 6 nitrogen and oxygen atoms in total. The van der Waals surface area contributed by atoms with E-state index in [9.17, 15) is 9.59 Å². The molecule has 32 heavy (non-hydrogen) atoms. The van der Waals surface area contributed by atoms with Crippen molar-refractivity contribution in [1.29, 1.82) is 0 Å². The van der Waals surface area contributed by atoms with Crippen LogP contribution in [0, 0.1) is 0 Å². The average Bonchev–Trinajstić information content (AvgIpc) is 2.85. The molecule has 0 saturated carbocycles. The number of carbonyl (C=O) groups excluding carboxylic acids is 2. The van der Waals surface area contributed by atoms with Crippen LogP contribution in [-0.4, -0.2) is 38.4 Å². The highest BCUT2D eigenvalue weighted by molar-refractivity contribution is 6.03. The van der Waals surface area contributed by atoms with Crippen molar-refractivity contribution in [3.05, 3.63) is 107 Å². The van der Waals surface area contributed by atoms with Crippen molar-refractivity contribution in [3.63, 3.8) is 0 Å². The molecule has 0 fully saturated rings. The third-order valence-corrected chi connectivity index (χ3v) is 4.52. The second-order valence-corrected chi connectivity index (χ2v) is 6.89. The van der Waals surface area contributed by atoms with Crippen molar-refractivity contribution in [2.24, 2.45) is 0 Å². The SMILES string of the molecule is O=C(OCCOCCOCc1ccccc1)c1ccccc1C(=O)OCc1ccccc1. The van der Waals surface area contributed by atoms with Gasteiger partial charge in [-0.2, -0.15) is 0 Å². The lowest BCUT2D eigenvalue weighted by molar-refractivity contribution is 0.0114. The van der Waals surface area contributed by atoms with E-state index in [1.165, 1.54) is 0 Å². The lowest BCUT2D eigenvalue weighted by Crippen LogP contribution is -2.16. The van der Waals surface area contributed by atoms with Crippen LogP contribution in [0.5, 0.6) is 0 Å². The molecular formula is C26H26O6. The first-order valence-corrected chi connectivity index (χ1v) is 10.4. The minimum Gasteiger partial charge on any atom is -0.460 e. The number of hydrogen-bond acceptors (Lipinski definition) is 6. The second kappa shape index (κ2) is 13.0. The van der Waals surface area contributed by atoms with E-state index in [1.807, 2.05) is 60.7 Å². The third kappa shape index (κ3) is 7.65. The van der Waals surface area contributed by atoms with E-state index in [0.717, 1.165) is 11.1 Å². The minimum absolute atomic E-state index is 0.0743. The maximum Gasteiger partial charge on any atom is 0.339 e. The molecular weight excluding hydrogens is 408 g/mol. The van der Waals surface area contributed by atoms with E-state index in [-0.39, 0.29) is 30.9 Å². The molecule has 0 aromatic heterocycles. The fourth-order valence-corrected chi connectivity index (χ4v) is 2.90. The molecule has 6 heteroatoms. The molecule has 3 aromatic carbocycles. The number of esters is 2. The quantitative estimate of drug-likeness (QED) is 0.310. The fraction of sp³-hybridized carbons (Fsp3) is 0.231. The Labute approximate surface area is 187 Å². The van der Waals surface area contributed by atoms with Crippen LogP contribution in [0.2, 0.25) is 0 Å². The van der Waals surface area contributed by atoms with E-state index < -0.39 is 11.9 Å². The first-order valence-electron chi connectivity index (χ1n) is 10.4. The zero-order valence-electron chi connectivity index (χ0n) is 17.8. The number of hydrogen-bond donors (Lipinski definition) is 0. The molecule has 0 atom stereocenters. The maximum absolute atomic E-state index is 12.5. The van der Waals surface area contributed by atoms with Crippen LogP contribution < -0.4 is 0 Å². The third-order valence-electron chi connectivity index (χ3n) is 4.52. The fourth-order valence-electron chi connectivity index (χ4n) is 2.90. The van der Waals surface area contributed by atoms with Crippen molar-refractivity contribution >= 4 is 11.9 Å². The average molecular weight is 434 g/mol. The molecule has 0 bridgehead atoms. The Bertz CT molecular complexity index is 972. The maximum atomic E-state index is 12.5. The second-order valence-electron chi connectivity index (χ2n) is 6.89. The van der Waals surface area contributed by atoms with Gasteiger partial charge in [-0.25, -0.2) is 9.59 Å². The Morgan fingerprint density at radius 2 is 0.969 bits per heavy atom. The Balaban J connectivity index is 1.36. The molecule has 0 aliphatic rings. The molecule has 0 spiro atoms. The lowest BCUT2D eigenvalue weighted by atomic mass is 10.1. The first kappa shape index (κ1) is 23.2. The summed E-state index contributed by atoms with van der Waals surface area (Å²) in [6.45, 7) is 1.80. The Morgan fingerprint density at radius 1 is 0.500 bits per heavy atom. The molecule has 0 aliphatic heterocycles. The summed E-state index contributed by atoms with van der Waals surface area (Å²) in [5.74, 6) is -1.17. The highest BCUT2D eigenvalue weighted by Gasteiger charge is 2.19. The van der Waals surface area contributed by atoms with Crippen molar-refractivity contribution < 1.29 is 28.5 Å². The predicted octanol–water partition coefficient (Wildman–Crippen LogP) is 4.43. The van der Waals surface area contributed by atoms with Crippen LogP contribution in [0.1, 0.15) is 31.8 Å². The smallest absolute Gasteiger partial charge is 0.339 e.